The number of aryl methyl sites for hydroxylation is 1. The standard InChI is InChI=1S/C21H17BrN4O5/c1-23-17-11-25(12-5-4-6-14(9-12)31-3)19(18(17)20(27)24(2)21(23)28)15-10-13(26(29)30)7-8-16(15)22/h4-11H,1-3H3. The lowest BCUT2D eigenvalue weighted by Gasteiger charge is -2.12. The molecule has 2 heterocycles. The molecule has 0 saturated heterocycles. The molecule has 4 rings (SSSR count). The average molecular weight is 485 g/mol. The number of ether oxygens (including phenoxy) is 1. The lowest BCUT2D eigenvalue weighted by atomic mass is 10.1. The van der Waals surface area contributed by atoms with Gasteiger partial charge >= 0.3 is 5.69 Å². The number of rotatable bonds is 4. The van der Waals surface area contributed by atoms with Gasteiger partial charge in [-0.15, -0.1) is 0 Å². The van der Waals surface area contributed by atoms with Crippen molar-refractivity contribution >= 4 is 32.5 Å². The van der Waals surface area contributed by atoms with Crippen LogP contribution in [0.5, 0.6) is 5.75 Å². The lowest BCUT2D eigenvalue weighted by molar-refractivity contribution is -0.384. The first kappa shape index (κ1) is 20.6. The summed E-state index contributed by atoms with van der Waals surface area (Å²) in [7, 11) is 4.52. The number of halogens is 1. The number of methoxy groups -OCH3 is 1. The fourth-order valence-electron chi connectivity index (χ4n) is 3.58. The molecule has 10 heteroatoms. The predicted molar refractivity (Wildman–Crippen MR) is 120 cm³/mol. The molecular formula is C21H17BrN4O5. The number of non-ortho nitro benzene ring substituents is 1. The molecule has 0 unspecified atom stereocenters. The van der Waals surface area contributed by atoms with E-state index in [1.807, 2.05) is 6.07 Å². The third kappa shape index (κ3) is 3.25. The molecule has 0 bridgehead atoms. The summed E-state index contributed by atoms with van der Waals surface area (Å²) in [5.74, 6) is 0.598. The van der Waals surface area contributed by atoms with E-state index in [-0.39, 0.29) is 11.1 Å². The third-order valence-electron chi connectivity index (χ3n) is 5.19. The zero-order chi connectivity index (χ0) is 22.4. The molecule has 0 spiro atoms. The van der Waals surface area contributed by atoms with Crippen LogP contribution in [-0.4, -0.2) is 25.7 Å². The smallest absolute Gasteiger partial charge is 0.330 e. The van der Waals surface area contributed by atoms with Gasteiger partial charge in [0, 0.05) is 54.2 Å². The summed E-state index contributed by atoms with van der Waals surface area (Å²) in [5, 5.41) is 11.7. The van der Waals surface area contributed by atoms with Crippen LogP contribution in [0, 0.1) is 10.1 Å². The number of nitro groups is 1. The number of nitro benzene ring substituents is 1. The van der Waals surface area contributed by atoms with Crippen molar-refractivity contribution in [1.82, 2.24) is 13.7 Å². The second-order valence-electron chi connectivity index (χ2n) is 6.94. The highest BCUT2D eigenvalue weighted by Crippen LogP contribution is 2.37. The van der Waals surface area contributed by atoms with Gasteiger partial charge in [0.2, 0.25) is 0 Å². The van der Waals surface area contributed by atoms with Crippen molar-refractivity contribution in [2.45, 2.75) is 0 Å². The maximum absolute atomic E-state index is 13.2. The van der Waals surface area contributed by atoms with Crippen molar-refractivity contribution in [3.63, 3.8) is 0 Å². The van der Waals surface area contributed by atoms with Crippen LogP contribution >= 0.6 is 15.9 Å². The minimum Gasteiger partial charge on any atom is -0.497 e. The molecule has 4 aromatic rings. The molecule has 9 nitrogen and oxygen atoms in total. The van der Waals surface area contributed by atoms with Gasteiger partial charge in [0.25, 0.3) is 11.2 Å². The number of hydrogen-bond acceptors (Lipinski definition) is 5. The fourth-order valence-corrected chi connectivity index (χ4v) is 4.01. The zero-order valence-electron chi connectivity index (χ0n) is 16.8. The van der Waals surface area contributed by atoms with Gasteiger partial charge < -0.3 is 9.30 Å². The van der Waals surface area contributed by atoms with E-state index in [0.29, 0.717) is 32.7 Å². The van der Waals surface area contributed by atoms with Gasteiger partial charge in [-0.25, -0.2) is 4.79 Å². The van der Waals surface area contributed by atoms with E-state index in [0.717, 1.165) is 4.57 Å². The number of aromatic nitrogens is 3. The van der Waals surface area contributed by atoms with Crippen LogP contribution in [0.4, 0.5) is 5.69 Å². The maximum Gasteiger partial charge on any atom is 0.330 e. The summed E-state index contributed by atoms with van der Waals surface area (Å²) in [5.41, 5.74) is 0.866. The van der Waals surface area contributed by atoms with E-state index in [2.05, 4.69) is 15.9 Å². The minimum atomic E-state index is -0.495. The third-order valence-corrected chi connectivity index (χ3v) is 5.88. The molecule has 0 saturated carbocycles. The van der Waals surface area contributed by atoms with Crippen molar-refractivity contribution in [3.05, 3.63) is 84.1 Å². The molecule has 2 aromatic heterocycles. The van der Waals surface area contributed by atoms with Crippen LogP contribution in [0.25, 0.3) is 27.8 Å². The summed E-state index contributed by atoms with van der Waals surface area (Å²) in [6.45, 7) is 0. The normalized spacial score (nSPS) is 11.1. The van der Waals surface area contributed by atoms with Gasteiger partial charge in [-0.2, -0.15) is 0 Å². The molecule has 0 N–H and O–H groups in total. The Kier molecular flexibility index (Phi) is 5.02. The second-order valence-corrected chi connectivity index (χ2v) is 7.79. The second kappa shape index (κ2) is 7.55. The maximum atomic E-state index is 13.2. The Morgan fingerprint density at radius 1 is 1.06 bits per heavy atom. The summed E-state index contributed by atoms with van der Waals surface area (Å²) in [6.07, 6.45) is 1.67. The average Bonchev–Trinajstić information content (AvgIpc) is 3.17. The van der Waals surface area contributed by atoms with Gasteiger partial charge in [0.15, 0.2) is 0 Å². The molecule has 0 aliphatic heterocycles. The van der Waals surface area contributed by atoms with E-state index in [1.165, 1.54) is 23.7 Å². The van der Waals surface area contributed by atoms with Crippen LogP contribution in [0.1, 0.15) is 0 Å². The van der Waals surface area contributed by atoms with Gasteiger partial charge in [-0.1, -0.05) is 22.0 Å². The summed E-state index contributed by atoms with van der Waals surface area (Å²) >= 11 is 3.46. The molecule has 31 heavy (non-hydrogen) atoms. The predicted octanol–water partition coefficient (Wildman–Crippen LogP) is 3.37. The Morgan fingerprint density at radius 3 is 2.48 bits per heavy atom. The molecule has 0 aliphatic carbocycles. The Morgan fingerprint density at radius 2 is 1.81 bits per heavy atom. The molecule has 0 radical (unpaired) electrons. The van der Waals surface area contributed by atoms with Crippen molar-refractivity contribution in [2.24, 2.45) is 14.1 Å². The molecule has 2 aromatic carbocycles. The lowest BCUT2D eigenvalue weighted by Crippen LogP contribution is -2.36. The van der Waals surface area contributed by atoms with E-state index < -0.39 is 16.2 Å². The van der Waals surface area contributed by atoms with Gasteiger partial charge in [-0.3, -0.25) is 24.0 Å². The van der Waals surface area contributed by atoms with Crippen LogP contribution in [0.3, 0.4) is 0 Å². The number of nitrogens with zero attached hydrogens (tertiary/aromatic N) is 4. The van der Waals surface area contributed by atoms with Gasteiger partial charge in [-0.05, 0) is 18.2 Å². The van der Waals surface area contributed by atoms with Crippen molar-refractivity contribution in [1.29, 1.82) is 0 Å². The minimum absolute atomic E-state index is 0.119. The number of hydrogen-bond donors (Lipinski definition) is 0. The molecule has 0 aliphatic rings. The van der Waals surface area contributed by atoms with E-state index in [9.17, 15) is 19.7 Å². The zero-order valence-corrected chi connectivity index (χ0v) is 18.4. The van der Waals surface area contributed by atoms with Crippen LogP contribution in [0.15, 0.2) is 62.7 Å². The van der Waals surface area contributed by atoms with Gasteiger partial charge in [0.05, 0.1) is 28.6 Å². The molecular weight excluding hydrogens is 468 g/mol. The number of benzene rings is 2. The van der Waals surface area contributed by atoms with E-state index in [1.54, 1.807) is 49.2 Å². The SMILES string of the molecule is COc1cccc(-n2cc3c(c2-c2cc([N+](=O)[O-])ccc2Br)c(=O)n(C)c(=O)n3C)c1. The Bertz CT molecular complexity index is 1480. The first-order valence-corrected chi connectivity index (χ1v) is 9.93. The summed E-state index contributed by atoms with van der Waals surface area (Å²) < 4.78 is 10.0. The highest BCUT2D eigenvalue weighted by molar-refractivity contribution is 9.10. The first-order valence-electron chi connectivity index (χ1n) is 9.14. The van der Waals surface area contributed by atoms with Crippen LogP contribution in [0.2, 0.25) is 0 Å². The largest absolute Gasteiger partial charge is 0.497 e. The highest BCUT2D eigenvalue weighted by Gasteiger charge is 2.23. The monoisotopic (exact) mass is 484 g/mol. The van der Waals surface area contributed by atoms with E-state index >= 15 is 0 Å². The molecule has 158 valence electrons. The molecule has 0 atom stereocenters. The quantitative estimate of drug-likeness (QED) is 0.326. The van der Waals surface area contributed by atoms with Gasteiger partial charge in [0.1, 0.15) is 5.75 Å². The van der Waals surface area contributed by atoms with Crippen molar-refractivity contribution < 1.29 is 9.66 Å². The topological polar surface area (TPSA) is 101 Å². The Labute approximate surface area is 184 Å². The van der Waals surface area contributed by atoms with Crippen molar-refractivity contribution in [3.8, 4) is 22.7 Å². The highest BCUT2D eigenvalue weighted by atomic mass is 79.9. The van der Waals surface area contributed by atoms with Crippen LogP contribution in [-0.2, 0) is 14.1 Å². The Hall–Kier alpha value is -3.66. The molecule has 0 amide bonds. The fraction of sp³-hybridized carbons (Fsp3) is 0.143. The molecule has 0 fully saturated rings. The van der Waals surface area contributed by atoms with Crippen LogP contribution < -0.4 is 16.0 Å². The summed E-state index contributed by atoms with van der Waals surface area (Å²) in [4.78, 5) is 36.6. The van der Waals surface area contributed by atoms with Crippen molar-refractivity contribution in [2.75, 3.05) is 7.11 Å². The summed E-state index contributed by atoms with van der Waals surface area (Å²) in [6, 6.07) is 11.5. The van der Waals surface area contributed by atoms with E-state index in [4.69, 9.17) is 4.74 Å². The Balaban J connectivity index is 2.22. The first-order chi connectivity index (χ1) is 14.7. The number of fused-ring (bicyclic) bond motifs is 1.